The standard InChI is InChI=1S/C38H36N2/c1-26-16-11-13-24-33(26)39-29(4)36-38(30-19-7-5-8-20-30,31-21-9-6-10-22-31)32-23-12-14-25-34(32)40(36)37(39)35-27(2)17-15-18-28(35)3/h5-25,29,36-37H,1-4H3/t29-,36?,37?/m0/s1. The summed E-state index contributed by atoms with van der Waals surface area (Å²) in [5.74, 6) is 0. The summed E-state index contributed by atoms with van der Waals surface area (Å²) < 4.78 is 0. The molecule has 3 atom stereocenters. The summed E-state index contributed by atoms with van der Waals surface area (Å²) in [4.78, 5) is 5.48. The molecule has 2 unspecified atom stereocenters. The third kappa shape index (κ3) is 3.35. The lowest BCUT2D eigenvalue weighted by Crippen LogP contribution is -2.49. The van der Waals surface area contributed by atoms with Crippen LogP contribution >= 0.6 is 0 Å². The first kappa shape index (κ1) is 24.7. The molecule has 0 radical (unpaired) electrons. The molecule has 5 aromatic carbocycles. The third-order valence-corrected chi connectivity index (χ3v) is 9.43. The Labute approximate surface area is 238 Å². The number of hydrogen-bond acceptors (Lipinski definition) is 2. The number of para-hydroxylation sites is 2. The average molecular weight is 521 g/mol. The predicted molar refractivity (Wildman–Crippen MR) is 167 cm³/mol. The van der Waals surface area contributed by atoms with E-state index in [9.17, 15) is 0 Å². The van der Waals surface area contributed by atoms with Gasteiger partial charge in [-0.1, -0.05) is 115 Å². The van der Waals surface area contributed by atoms with Gasteiger partial charge in [0.05, 0.1) is 17.5 Å². The zero-order chi connectivity index (χ0) is 27.4. The van der Waals surface area contributed by atoms with Crippen LogP contribution in [0.15, 0.2) is 127 Å². The van der Waals surface area contributed by atoms with Gasteiger partial charge in [0.15, 0.2) is 0 Å². The molecule has 0 bridgehead atoms. The summed E-state index contributed by atoms with van der Waals surface area (Å²) in [5, 5.41) is 0. The van der Waals surface area contributed by atoms with Crippen LogP contribution in [0.25, 0.3) is 0 Å². The van der Waals surface area contributed by atoms with Gasteiger partial charge in [0.25, 0.3) is 0 Å². The van der Waals surface area contributed by atoms with Gasteiger partial charge in [-0.15, -0.1) is 0 Å². The SMILES string of the molecule is Cc1ccccc1N1C(c2c(C)cccc2C)N2c3ccccc3C(c3ccccc3)(c3ccccc3)C2[C@@H]1C. The van der Waals surface area contributed by atoms with Gasteiger partial charge in [-0.25, -0.2) is 0 Å². The molecule has 0 N–H and O–H groups in total. The van der Waals surface area contributed by atoms with Gasteiger partial charge in [-0.05, 0) is 73.2 Å². The van der Waals surface area contributed by atoms with Crippen molar-refractivity contribution in [3.63, 3.8) is 0 Å². The zero-order valence-electron chi connectivity index (χ0n) is 23.8. The van der Waals surface area contributed by atoms with E-state index in [2.05, 4.69) is 165 Å². The minimum Gasteiger partial charge on any atom is -0.342 e. The lowest BCUT2D eigenvalue weighted by atomic mass is 9.65. The second-order valence-electron chi connectivity index (χ2n) is 11.5. The summed E-state index contributed by atoms with van der Waals surface area (Å²) in [5.41, 5.74) is 11.8. The van der Waals surface area contributed by atoms with Crippen molar-refractivity contribution in [2.45, 2.75) is 51.4 Å². The predicted octanol–water partition coefficient (Wildman–Crippen LogP) is 8.74. The minimum absolute atomic E-state index is 0.0674. The molecule has 1 fully saturated rings. The van der Waals surface area contributed by atoms with E-state index in [-0.39, 0.29) is 23.7 Å². The van der Waals surface area contributed by atoms with Crippen molar-refractivity contribution in [1.29, 1.82) is 0 Å². The summed E-state index contributed by atoms with van der Waals surface area (Å²) >= 11 is 0. The van der Waals surface area contributed by atoms with Crippen LogP contribution in [0.4, 0.5) is 11.4 Å². The molecule has 2 aliphatic heterocycles. The highest BCUT2D eigenvalue weighted by Crippen LogP contribution is 2.61. The topological polar surface area (TPSA) is 6.48 Å². The number of hydrogen-bond donors (Lipinski definition) is 0. The Morgan fingerprint density at radius 1 is 0.500 bits per heavy atom. The molecule has 198 valence electrons. The van der Waals surface area contributed by atoms with Gasteiger partial charge in [0.2, 0.25) is 0 Å². The van der Waals surface area contributed by atoms with Gasteiger partial charge in [-0.3, -0.25) is 0 Å². The minimum atomic E-state index is -0.329. The van der Waals surface area contributed by atoms with Crippen molar-refractivity contribution >= 4 is 11.4 Å². The Hall–Kier alpha value is -4.30. The molecular weight excluding hydrogens is 484 g/mol. The molecule has 0 amide bonds. The molecule has 0 aliphatic carbocycles. The Morgan fingerprint density at radius 2 is 1.00 bits per heavy atom. The maximum Gasteiger partial charge on any atom is 0.129 e. The summed E-state index contributed by atoms with van der Waals surface area (Å²) in [6.07, 6.45) is 0.0674. The molecule has 0 aromatic heterocycles. The second-order valence-corrected chi connectivity index (χ2v) is 11.5. The smallest absolute Gasteiger partial charge is 0.129 e. The molecule has 40 heavy (non-hydrogen) atoms. The van der Waals surface area contributed by atoms with E-state index in [1.165, 1.54) is 50.3 Å². The number of anilines is 2. The Bertz CT molecular complexity index is 1610. The van der Waals surface area contributed by atoms with Gasteiger partial charge in [0.1, 0.15) is 6.17 Å². The van der Waals surface area contributed by atoms with Gasteiger partial charge in [-0.2, -0.15) is 0 Å². The number of rotatable bonds is 4. The number of fused-ring (bicyclic) bond motifs is 3. The number of nitrogens with zero attached hydrogens (tertiary/aromatic N) is 2. The Kier molecular flexibility index (Phi) is 5.82. The zero-order valence-corrected chi connectivity index (χ0v) is 23.8. The molecule has 2 heteroatoms. The Morgan fingerprint density at radius 3 is 1.60 bits per heavy atom. The van der Waals surface area contributed by atoms with E-state index in [1.54, 1.807) is 0 Å². The maximum atomic E-state index is 2.77. The Balaban J connectivity index is 1.60. The fourth-order valence-corrected chi connectivity index (χ4v) is 7.88. The molecular formula is C38H36N2. The van der Waals surface area contributed by atoms with Crippen molar-refractivity contribution in [3.8, 4) is 0 Å². The highest BCUT2D eigenvalue weighted by Gasteiger charge is 2.62. The van der Waals surface area contributed by atoms with Crippen LogP contribution in [0.3, 0.4) is 0 Å². The van der Waals surface area contributed by atoms with E-state index in [1.807, 2.05) is 0 Å². The second kappa shape index (κ2) is 9.41. The van der Waals surface area contributed by atoms with E-state index in [4.69, 9.17) is 0 Å². The molecule has 1 saturated heterocycles. The van der Waals surface area contributed by atoms with Crippen molar-refractivity contribution in [3.05, 3.63) is 166 Å². The molecule has 0 saturated carbocycles. The van der Waals surface area contributed by atoms with E-state index in [0.717, 1.165) is 0 Å². The molecule has 2 aliphatic rings. The van der Waals surface area contributed by atoms with Crippen LogP contribution in [0.2, 0.25) is 0 Å². The fraction of sp³-hybridized carbons (Fsp3) is 0.211. The largest absolute Gasteiger partial charge is 0.342 e. The van der Waals surface area contributed by atoms with Crippen molar-refractivity contribution in [2.75, 3.05) is 9.80 Å². The van der Waals surface area contributed by atoms with Crippen LogP contribution in [-0.2, 0) is 5.41 Å². The first-order valence-electron chi connectivity index (χ1n) is 14.4. The van der Waals surface area contributed by atoms with E-state index in [0.29, 0.717) is 0 Å². The van der Waals surface area contributed by atoms with Crippen molar-refractivity contribution in [2.24, 2.45) is 0 Å². The number of benzene rings is 5. The third-order valence-electron chi connectivity index (χ3n) is 9.43. The van der Waals surface area contributed by atoms with Crippen LogP contribution in [0.5, 0.6) is 0 Å². The van der Waals surface area contributed by atoms with Crippen LogP contribution in [0, 0.1) is 20.8 Å². The van der Waals surface area contributed by atoms with Crippen LogP contribution in [0.1, 0.15) is 52.0 Å². The normalized spacial score (nSPS) is 20.9. The molecule has 5 aromatic rings. The molecule has 2 heterocycles. The molecule has 0 spiro atoms. The highest BCUT2D eigenvalue weighted by molar-refractivity contribution is 5.78. The summed E-state index contributed by atoms with van der Waals surface area (Å²) in [6.45, 7) is 9.26. The van der Waals surface area contributed by atoms with Gasteiger partial charge >= 0.3 is 0 Å². The van der Waals surface area contributed by atoms with E-state index < -0.39 is 0 Å². The summed E-state index contributed by atoms with van der Waals surface area (Å²) in [7, 11) is 0. The lowest BCUT2D eigenvalue weighted by Gasteiger charge is -2.40. The highest BCUT2D eigenvalue weighted by atomic mass is 15.5. The average Bonchev–Trinajstić information content (AvgIpc) is 3.45. The quantitative estimate of drug-likeness (QED) is 0.234. The first-order chi connectivity index (χ1) is 19.5. The first-order valence-corrected chi connectivity index (χ1v) is 14.4. The van der Waals surface area contributed by atoms with Crippen molar-refractivity contribution < 1.29 is 0 Å². The number of aryl methyl sites for hydroxylation is 3. The van der Waals surface area contributed by atoms with Gasteiger partial charge in [0, 0.05) is 16.9 Å². The monoisotopic (exact) mass is 520 g/mol. The van der Waals surface area contributed by atoms with Crippen molar-refractivity contribution in [1.82, 2.24) is 0 Å². The lowest BCUT2D eigenvalue weighted by molar-refractivity contribution is 0.469. The van der Waals surface area contributed by atoms with Crippen LogP contribution in [-0.4, -0.2) is 12.1 Å². The molecule has 7 rings (SSSR count). The fourth-order valence-electron chi connectivity index (χ4n) is 7.88. The van der Waals surface area contributed by atoms with E-state index >= 15 is 0 Å². The maximum absolute atomic E-state index is 2.77. The van der Waals surface area contributed by atoms with Crippen LogP contribution < -0.4 is 9.80 Å². The van der Waals surface area contributed by atoms with Gasteiger partial charge < -0.3 is 9.80 Å². The molecule has 2 nitrogen and oxygen atoms in total. The summed E-state index contributed by atoms with van der Waals surface area (Å²) in [6, 6.07) is 47.7.